The van der Waals surface area contributed by atoms with Crippen molar-refractivity contribution in [3.63, 3.8) is 0 Å². The number of ether oxygens (including phenoxy) is 1. The van der Waals surface area contributed by atoms with E-state index < -0.39 is 0 Å². The van der Waals surface area contributed by atoms with Crippen LogP contribution in [0.5, 0.6) is 0 Å². The Morgan fingerprint density at radius 1 is 1.45 bits per heavy atom. The van der Waals surface area contributed by atoms with Crippen LogP contribution < -0.4 is 5.32 Å². The van der Waals surface area contributed by atoms with Crippen LogP contribution in [0.3, 0.4) is 0 Å². The minimum absolute atomic E-state index is 0.131. The molecule has 1 N–H and O–H groups in total. The van der Waals surface area contributed by atoms with Gasteiger partial charge in [-0.1, -0.05) is 0 Å². The van der Waals surface area contributed by atoms with Crippen LogP contribution in [-0.4, -0.2) is 29.6 Å². The summed E-state index contributed by atoms with van der Waals surface area (Å²) in [5, 5.41) is 2.82. The first-order valence-corrected chi connectivity index (χ1v) is 7.56. The van der Waals surface area contributed by atoms with Gasteiger partial charge in [-0.2, -0.15) is 0 Å². The van der Waals surface area contributed by atoms with Crippen LogP contribution in [-0.2, 0) is 9.53 Å². The van der Waals surface area contributed by atoms with Crippen LogP contribution in [0, 0.1) is 0 Å². The van der Waals surface area contributed by atoms with E-state index >= 15 is 0 Å². The highest BCUT2D eigenvalue weighted by Crippen LogP contribution is 2.19. The molecule has 0 aliphatic carbocycles. The van der Waals surface area contributed by atoms with E-state index in [0.29, 0.717) is 31.7 Å². The van der Waals surface area contributed by atoms with E-state index in [1.54, 1.807) is 13.0 Å². The average Bonchev–Trinajstić information content (AvgIpc) is 2.77. The van der Waals surface area contributed by atoms with Crippen molar-refractivity contribution in [1.29, 1.82) is 0 Å². The fraction of sp³-hybridized carbons (Fsp3) is 0.571. The predicted octanol–water partition coefficient (Wildman–Crippen LogP) is 2.90. The van der Waals surface area contributed by atoms with Crippen LogP contribution in [0.1, 0.15) is 50.1 Å². The van der Waals surface area contributed by atoms with Crippen molar-refractivity contribution in [3.8, 4) is 0 Å². The number of carbonyl (C=O) groups is 2. The van der Waals surface area contributed by atoms with Crippen molar-refractivity contribution in [3.05, 3.63) is 22.4 Å². The lowest BCUT2D eigenvalue weighted by atomic mass is 10.3. The standard InChI is InChI=1S/C14H21BrN2O3/c1-4-20-13(18)6-5-7-16-14(19)12-8-11(15)9-17(12)10(2)3/h8-10H,4-7H2,1-3H3,(H,16,19). The highest BCUT2D eigenvalue weighted by Gasteiger charge is 2.14. The lowest BCUT2D eigenvalue weighted by molar-refractivity contribution is -0.143. The van der Waals surface area contributed by atoms with Gasteiger partial charge in [-0.3, -0.25) is 9.59 Å². The molecule has 0 saturated heterocycles. The van der Waals surface area contributed by atoms with Crippen LogP contribution in [0.25, 0.3) is 0 Å². The number of nitrogens with zero attached hydrogens (tertiary/aromatic N) is 1. The largest absolute Gasteiger partial charge is 0.466 e. The Kier molecular flexibility index (Phi) is 6.78. The third-order valence-electron chi connectivity index (χ3n) is 2.75. The fourth-order valence-electron chi connectivity index (χ4n) is 1.81. The Labute approximate surface area is 127 Å². The monoisotopic (exact) mass is 344 g/mol. The molecule has 0 saturated carbocycles. The summed E-state index contributed by atoms with van der Waals surface area (Å²) < 4.78 is 7.61. The number of esters is 1. The van der Waals surface area contributed by atoms with Gasteiger partial charge in [0.2, 0.25) is 0 Å². The third kappa shape index (κ3) is 5.00. The SMILES string of the molecule is CCOC(=O)CCCNC(=O)c1cc(Br)cn1C(C)C. The van der Waals surface area contributed by atoms with Gasteiger partial charge >= 0.3 is 5.97 Å². The number of nitrogens with one attached hydrogen (secondary N) is 1. The van der Waals surface area contributed by atoms with Crippen LogP contribution in [0.2, 0.25) is 0 Å². The molecule has 0 unspecified atom stereocenters. The predicted molar refractivity (Wildman–Crippen MR) is 80.7 cm³/mol. The van der Waals surface area contributed by atoms with E-state index in [2.05, 4.69) is 21.2 Å². The van der Waals surface area contributed by atoms with Gasteiger partial charge in [0.05, 0.1) is 6.61 Å². The number of halogens is 1. The molecule has 0 spiro atoms. The molecule has 1 rings (SSSR count). The average molecular weight is 345 g/mol. The summed E-state index contributed by atoms with van der Waals surface area (Å²) in [4.78, 5) is 23.2. The highest BCUT2D eigenvalue weighted by atomic mass is 79.9. The molecule has 1 heterocycles. The summed E-state index contributed by atoms with van der Waals surface area (Å²) in [7, 11) is 0. The summed E-state index contributed by atoms with van der Waals surface area (Å²) in [5.74, 6) is -0.358. The normalized spacial score (nSPS) is 10.7. The molecule has 0 aliphatic rings. The molecule has 0 fully saturated rings. The van der Waals surface area contributed by atoms with Crippen molar-refractivity contribution in [2.24, 2.45) is 0 Å². The molecular formula is C14H21BrN2O3. The molecule has 5 nitrogen and oxygen atoms in total. The molecule has 0 radical (unpaired) electrons. The number of carbonyl (C=O) groups excluding carboxylic acids is 2. The van der Waals surface area contributed by atoms with Gasteiger partial charge in [0.1, 0.15) is 5.69 Å². The van der Waals surface area contributed by atoms with Gasteiger partial charge in [-0.15, -0.1) is 0 Å². The van der Waals surface area contributed by atoms with Crippen LogP contribution in [0.4, 0.5) is 0 Å². The zero-order valence-corrected chi connectivity index (χ0v) is 13.7. The van der Waals surface area contributed by atoms with E-state index in [9.17, 15) is 9.59 Å². The maximum atomic E-state index is 12.1. The first-order valence-electron chi connectivity index (χ1n) is 6.76. The summed E-state index contributed by atoms with van der Waals surface area (Å²) in [6.07, 6.45) is 2.79. The number of rotatable bonds is 7. The smallest absolute Gasteiger partial charge is 0.305 e. The number of hydrogen-bond donors (Lipinski definition) is 1. The topological polar surface area (TPSA) is 60.3 Å². The third-order valence-corrected chi connectivity index (χ3v) is 3.19. The highest BCUT2D eigenvalue weighted by molar-refractivity contribution is 9.10. The van der Waals surface area contributed by atoms with Gasteiger partial charge in [-0.25, -0.2) is 0 Å². The second kappa shape index (κ2) is 8.09. The molecule has 1 amide bonds. The molecule has 1 aromatic heterocycles. The van der Waals surface area contributed by atoms with E-state index in [4.69, 9.17) is 4.74 Å². The minimum Gasteiger partial charge on any atom is -0.466 e. The summed E-state index contributed by atoms with van der Waals surface area (Å²) in [5.41, 5.74) is 0.614. The Morgan fingerprint density at radius 3 is 2.75 bits per heavy atom. The lowest BCUT2D eigenvalue weighted by Gasteiger charge is -2.12. The Bertz CT molecular complexity index is 469. The number of amides is 1. The van der Waals surface area contributed by atoms with Gasteiger partial charge in [-0.05, 0) is 49.2 Å². The van der Waals surface area contributed by atoms with Crippen LogP contribution in [0.15, 0.2) is 16.7 Å². The molecule has 0 aliphatic heterocycles. The van der Waals surface area contributed by atoms with E-state index in [1.165, 1.54) is 0 Å². The molecular weight excluding hydrogens is 324 g/mol. The lowest BCUT2D eigenvalue weighted by Crippen LogP contribution is -2.27. The first kappa shape index (κ1) is 16.8. The molecule has 0 aromatic carbocycles. The van der Waals surface area contributed by atoms with Gasteiger partial charge in [0.15, 0.2) is 0 Å². The molecule has 6 heteroatoms. The Morgan fingerprint density at radius 2 is 2.15 bits per heavy atom. The second-order valence-electron chi connectivity index (χ2n) is 4.71. The fourth-order valence-corrected chi connectivity index (χ4v) is 2.25. The summed E-state index contributed by atoms with van der Waals surface area (Å²) >= 11 is 3.38. The molecule has 112 valence electrons. The van der Waals surface area contributed by atoms with Gasteiger partial charge in [0, 0.05) is 29.7 Å². The van der Waals surface area contributed by atoms with E-state index in [1.807, 2.05) is 24.6 Å². The Hall–Kier alpha value is -1.30. The molecule has 1 aromatic rings. The van der Waals surface area contributed by atoms with Gasteiger partial charge < -0.3 is 14.6 Å². The van der Waals surface area contributed by atoms with Crippen molar-refractivity contribution >= 4 is 27.8 Å². The summed E-state index contributed by atoms with van der Waals surface area (Å²) in [6.45, 7) is 6.66. The number of aromatic nitrogens is 1. The van der Waals surface area contributed by atoms with E-state index in [0.717, 1.165) is 4.47 Å². The zero-order chi connectivity index (χ0) is 15.1. The molecule has 0 atom stereocenters. The minimum atomic E-state index is -0.227. The zero-order valence-electron chi connectivity index (χ0n) is 12.1. The molecule has 20 heavy (non-hydrogen) atoms. The van der Waals surface area contributed by atoms with Crippen molar-refractivity contribution in [1.82, 2.24) is 9.88 Å². The Balaban J connectivity index is 2.45. The van der Waals surface area contributed by atoms with Crippen molar-refractivity contribution in [2.45, 2.75) is 39.7 Å². The van der Waals surface area contributed by atoms with Crippen molar-refractivity contribution < 1.29 is 14.3 Å². The number of hydrogen-bond acceptors (Lipinski definition) is 3. The van der Waals surface area contributed by atoms with E-state index in [-0.39, 0.29) is 17.9 Å². The maximum absolute atomic E-state index is 12.1. The van der Waals surface area contributed by atoms with Gasteiger partial charge in [0.25, 0.3) is 5.91 Å². The van der Waals surface area contributed by atoms with Crippen molar-refractivity contribution in [2.75, 3.05) is 13.2 Å². The summed E-state index contributed by atoms with van der Waals surface area (Å²) in [6, 6.07) is 2.00. The maximum Gasteiger partial charge on any atom is 0.305 e. The first-order chi connectivity index (χ1) is 9.45. The quantitative estimate of drug-likeness (QED) is 0.611. The van der Waals surface area contributed by atoms with Crippen LogP contribution >= 0.6 is 15.9 Å². The second-order valence-corrected chi connectivity index (χ2v) is 5.62. The molecule has 0 bridgehead atoms.